The molecule has 2 aromatic rings. The van der Waals surface area contributed by atoms with Crippen molar-refractivity contribution in [3.05, 3.63) is 36.4 Å². The van der Waals surface area contributed by atoms with Crippen molar-refractivity contribution in [2.45, 2.75) is 18.9 Å². The molecule has 6 nitrogen and oxygen atoms in total. The number of carbonyl (C=O) groups excluding carboxylic acids is 3. The smallest absolute Gasteiger partial charge is 0.307 e. The van der Waals surface area contributed by atoms with E-state index in [2.05, 4.69) is 10.6 Å². The Morgan fingerprint density at radius 2 is 1.77 bits per heavy atom. The van der Waals surface area contributed by atoms with Gasteiger partial charge < -0.3 is 5.32 Å². The monoisotopic (exact) mass is 295 g/mol. The van der Waals surface area contributed by atoms with Gasteiger partial charge in [0, 0.05) is 11.8 Å². The second-order valence-corrected chi connectivity index (χ2v) is 5.45. The van der Waals surface area contributed by atoms with Gasteiger partial charge in [-0.2, -0.15) is 0 Å². The summed E-state index contributed by atoms with van der Waals surface area (Å²) in [7, 11) is 0. The van der Waals surface area contributed by atoms with Gasteiger partial charge in [-0.05, 0) is 23.9 Å². The molecule has 1 unspecified atom stereocenters. The average molecular weight is 295 g/mol. The van der Waals surface area contributed by atoms with Crippen molar-refractivity contribution >= 4 is 40.0 Å². The largest absolute Gasteiger partial charge is 0.327 e. The maximum absolute atomic E-state index is 12.5. The summed E-state index contributed by atoms with van der Waals surface area (Å²) in [5, 5.41) is 7.03. The Kier molecular flexibility index (Phi) is 2.66. The van der Waals surface area contributed by atoms with Gasteiger partial charge in [0.1, 0.15) is 6.04 Å². The molecule has 0 aliphatic carbocycles. The van der Waals surface area contributed by atoms with Gasteiger partial charge in [0.25, 0.3) is 0 Å². The third-order valence-electron chi connectivity index (χ3n) is 4.12. The lowest BCUT2D eigenvalue weighted by atomic mass is 9.99. The van der Waals surface area contributed by atoms with Crippen molar-refractivity contribution in [1.82, 2.24) is 5.32 Å². The van der Waals surface area contributed by atoms with Crippen LogP contribution >= 0.6 is 0 Å². The highest BCUT2D eigenvalue weighted by atomic mass is 16.2. The summed E-state index contributed by atoms with van der Waals surface area (Å²) < 4.78 is 0. The topological polar surface area (TPSA) is 78.5 Å². The van der Waals surface area contributed by atoms with E-state index < -0.39 is 11.9 Å². The number of imide groups is 1. The Labute approximate surface area is 126 Å². The lowest BCUT2D eigenvalue weighted by Crippen LogP contribution is -2.56. The minimum absolute atomic E-state index is 0.234. The van der Waals surface area contributed by atoms with Gasteiger partial charge in [-0.1, -0.05) is 24.3 Å². The first-order valence-electron chi connectivity index (χ1n) is 7.11. The third-order valence-corrected chi connectivity index (χ3v) is 4.12. The molecule has 0 saturated carbocycles. The molecular weight excluding hydrogens is 282 g/mol. The summed E-state index contributed by atoms with van der Waals surface area (Å²) in [4.78, 5) is 37.4. The van der Waals surface area contributed by atoms with Crippen LogP contribution in [-0.4, -0.2) is 23.9 Å². The zero-order valence-electron chi connectivity index (χ0n) is 11.6. The molecule has 2 N–H and O–H groups in total. The second-order valence-electron chi connectivity index (χ2n) is 5.45. The molecule has 4 rings (SSSR count). The summed E-state index contributed by atoms with van der Waals surface area (Å²) >= 11 is 0. The van der Waals surface area contributed by atoms with E-state index in [0.717, 1.165) is 16.5 Å². The fourth-order valence-electron chi connectivity index (χ4n) is 3.15. The number of piperidine rings is 1. The number of hydrogen-bond acceptors (Lipinski definition) is 3. The van der Waals surface area contributed by atoms with Gasteiger partial charge in [0.15, 0.2) is 0 Å². The van der Waals surface area contributed by atoms with Crippen LogP contribution in [0.4, 0.5) is 16.2 Å². The van der Waals surface area contributed by atoms with Crippen molar-refractivity contribution in [1.29, 1.82) is 0 Å². The zero-order valence-corrected chi connectivity index (χ0v) is 11.6. The summed E-state index contributed by atoms with van der Waals surface area (Å²) in [6, 6.07) is 10.3. The highest BCUT2D eigenvalue weighted by Gasteiger charge is 2.38. The van der Waals surface area contributed by atoms with Crippen LogP contribution in [0.5, 0.6) is 0 Å². The summed E-state index contributed by atoms with van der Waals surface area (Å²) in [5.74, 6) is -0.722. The molecule has 22 heavy (non-hydrogen) atoms. The number of rotatable bonds is 1. The van der Waals surface area contributed by atoms with Crippen molar-refractivity contribution in [2.75, 3.05) is 10.2 Å². The number of urea groups is 1. The molecular formula is C16H13N3O3. The minimum Gasteiger partial charge on any atom is -0.307 e. The fraction of sp³-hybridized carbons (Fsp3) is 0.188. The van der Waals surface area contributed by atoms with E-state index in [9.17, 15) is 14.4 Å². The van der Waals surface area contributed by atoms with E-state index >= 15 is 0 Å². The maximum atomic E-state index is 12.5. The minimum atomic E-state index is -0.670. The number of amides is 4. The first-order valence-corrected chi connectivity index (χ1v) is 7.11. The van der Waals surface area contributed by atoms with E-state index in [0.29, 0.717) is 12.1 Å². The predicted octanol–water partition coefficient (Wildman–Crippen LogP) is 2.00. The van der Waals surface area contributed by atoms with Gasteiger partial charge in [0.2, 0.25) is 11.8 Å². The molecule has 6 heteroatoms. The van der Waals surface area contributed by atoms with E-state index in [1.807, 2.05) is 36.4 Å². The third kappa shape index (κ3) is 1.77. The van der Waals surface area contributed by atoms with Crippen molar-refractivity contribution in [2.24, 2.45) is 0 Å². The number of carbonyl (C=O) groups is 3. The lowest BCUT2D eigenvalue weighted by Gasteiger charge is -2.36. The molecule has 4 amide bonds. The van der Waals surface area contributed by atoms with Gasteiger partial charge >= 0.3 is 6.03 Å². The van der Waals surface area contributed by atoms with Gasteiger partial charge in [-0.15, -0.1) is 0 Å². The molecule has 1 fully saturated rings. The molecule has 2 aliphatic rings. The number of benzene rings is 2. The van der Waals surface area contributed by atoms with Crippen LogP contribution in [0.15, 0.2) is 36.4 Å². The van der Waals surface area contributed by atoms with Crippen LogP contribution in [0.1, 0.15) is 12.8 Å². The Morgan fingerprint density at radius 1 is 1.00 bits per heavy atom. The number of nitrogens with zero attached hydrogens (tertiary/aromatic N) is 1. The predicted molar refractivity (Wildman–Crippen MR) is 81.6 cm³/mol. The Bertz CT molecular complexity index is 825. The van der Waals surface area contributed by atoms with Crippen molar-refractivity contribution in [3.8, 4) is 0 Å². The van der Waals surface area contributed by atoms with Crippen LogP contribution in [0.3, 0.4) is 0 Å². The van der Waals surface area contributed by atoms with Gasteiger partial charge in [-0.3, -0.25) is 19.8 Å². The van der Waals surface area contributed by atoms with Crippen LogP contribution in [0.25, 0.3) is 10.8 Å². The fourth-order valence-corrected chi connectivity index (χ4v) is 3.15. The van der Waals surface area contributed by atoms with Gasteiger partial charge in [-0.25, -0.2) is 4.79 Å². The highest BCUT2D eigenvalue weighted by Crippen LogP contribution is 2.38. The van der Waals surface area contributed by atoms with Crippen molar-refractivity contribution < 1.29 is 14.4 Å². The zero-order chi connectivity index (χ0) is 15.3. The molecule has 2 aromatic carbocycles. The molecule has 2 heterocycles. The molecule has 0 spiro atoms. The SMILES string of the molecule is O=C1CCC(N2C(=O)Nc3cccc4cccc2c34)C(=O)N1. The standard InChI is InChI=1S/C16H13N3O3/c20-13-8-7-12(15(21)18-13)19-11-6-2-4-9-3-1-5-10(14(9)11)17-16(19)22/h1-6,12H,7-8H2,(H,17,22)(H,18,20,21). The second kappa shape index (κ2) is 4.56. The molecule has 110 valence electrons. The molecule has 0 aromatic heterocycles. The van der Waals surface area contributed by atoms with Crippen LogP contribution < -0.4 is 15.5 Å². The first-order chi connectivity index (χ1) is 10.6. The lowest BCUT2D eigenvalue weighted by molar-refractivity contribution is -0.134. The Hall–Kier alpha value is -2.89. The highest BCUT2D eigenvalue weighted by molar-refractivity contribution is 6.21. The Morgan fingerprint density at radius 3 is 2.55 bits per heavy atom. The van der Waals surface area contributed by atoms with E-state index in [-0.39, 0.29) is 18.4 Å². The first kappa shape index (κ1) is 12.8. The summed E-state index contributed by atoms with van der Waals surface area (Å²) in [6.45, 7) is 0. The number of hydrogen-bond donors (Lipinski definition) is 2. The number of anilines is 2. The number of nitrogens with one attached hydrogen (secondary N) is 2. The van der Waals surface area contributed by atoms with E-state index in [1.54, 1.807) is 0 Å². The maximum Gasteiger partial charge on any atom is 0.327 e. The van der Waals surface area contributed by atoms with E-state index in [4.69, 9.17) is 0 Å². The molecule has 0 bridgehead atoms. The molecule has 0 radical (unpaired) electrons. The average Bonchev–Trinajstić information content (AvgIpc) is 2.49. The van der Waals surface area contributed by atoms with Crippen molar-refractivity contribution in [3.63, 3.8) is 0 Å². The quantitative estimate of drug-likeness (QED) is 0.790. The van der Waals surface area contributed by atoms with Crippen LogP contribution in [0.2, 0.25) is 0 Å². The van der Waals surface area contributed by atoms with Gasteiger partial charge in [0.05, 0.1) is 11.4 Å². The summed E-state index contributed by atoms with van der Waals surface area (Å²) in [6.07, 6.45) is 0.564. The van der Waals surface area contributed by atoms with E-state index in [1.165, 1.54) is 4.90 Å². The molecule has 1 saturated heterocycles. The Balaban J connectivity index is 1.87. The normalized spacial score (nSPS) is 20.8. The van der Waals surface area contributed by atoms with Crippen LogP contribution in [-0.2, 0) is 9.59 Å². The summed E-state index contributed by atoms with van der Waals surface area (Å²) in [5.41, 5.74) is 1.44. The molecule has 2 aliphatic heterocycles. The van der Waals surface area contributed by atoms with Crippen LogP contribution in [0, 0.1) is 0 Å². The molecule has 1 atom stereocenters.